The molecule has 7 nitrogen and oxygen atoms in total. The third-order valence-corrected chi connectivity index (χ3v) is 4.42. The zero-order valence-corrected chi connectivity index (χ0v) is 16.1. The van der Waals surface area contributed by atoms with Crippen LogP contribution in [0.2, 0.25) is 0 Å². The number of benzene rings is 1. The van der Waals surface area contributed by atoms with E-state index in [9.17, 15) is 4.79 Å². The zero-order valence-electron chi connectivity index (χ0n) is 16.1. The van der Waals surface area contributed by atoms with E-state index in [2.05, 4.69) is 17.0 Å². The molecule has 0 atom stereocenters. The molecular formula is C20H24N4O3. The number of ether oxygens (including phenoxy) is 2. The first-order chi connectivity index (χ1) is 13.1. The molecule has 0 N–H and O–H groups in total. The van der Waals surface area contributed by atoms with Gasteiger partial charge in [-0.1, -0.05) is 6.92 Å². The maximum Gasteiger partial charge on any atom is 0.274 e. The number of methoxy groups -OCH3 is 2. The van der Waals surface area contributed by atoms with Crippen LogP contribution in [0, 0.1) is 0 Å². The Labute approximate surface area is 158 Å². The van der Waals surface area contributed by atoms with E-state index in [0.29, 0.717) is 35.9 Å². The Morgan fingerprint density at radius 1 is 1.11 bits per heavy atom. The minimum absolute atomic E-state index is 0.0805. The molecule has 0 radical (unpaired) electrons. The lowest BCUT2D eigenvalue weighted by Crippen LogP contribution is -2.31. The number of rotatable bonds is 7. The normalized spacial score (nSPS) is 10.8. The predicted octanol–water partition coefficient (Wildman–Crippen LogP) is 3.29. The van der Waals surface area contributed by atoms with Gasteiger partial charge < -0.3 is 14.4 Å². The average molecular weight is 368 g/mol. The first kappa shape index (κ1) is 18.7. The lowest BCUT2D eigenvalue weighted by Gasteiger charge is -2.18. The fourth-order valence-corrected chi connectivity index (χ4v) is 3.05. The van der Waals surface area contributed by atoms with E-state index in [0.717, 1.165) is 17.7 Å². The highest BCUT2D eigenvalue weighted by atomic mass is 16.5. The molecule has 0 aliphatic carbocycles. The van der Waals surface area contributed by atoms with Gasteiger partial charge in [0.25, 0.3) is 5.91 Å². The summed E-state index contributed by atoms with van der Waals surface area (Å²) in [5, 5.41) is 4.53. The quantitative estimate of drug-likeness (QED) is 0.640. The van der Waals surface area contributed by atoms with E-state index in [1.807, 2.05) is 31.2 Å². The molecule has 0 spiro atoms. The van der Waals surface area contributed by atoms with Gasteiger partial charge in [-0.05, 0) is 37.6 Å². The number of aromatic nitrogens is 3. The Morgan fingerprint density at radius 3 is 2.56 bits per heavy atom. The van der Waals surface area contributed by atoms with Crippen LogP contribution in [0.5, 0.6) is 11.5 Å². The monoisotopic (exact) mass is 368 g/mol. The minimum Gasteiger partial charge on any atom is -0.493 e. The Hall–Kier alpha value is -3.09. The van der Waals surface area contributed by atoms with Crippen molar-refractivity contribution in [3.63, 3.8) is 0 Å². The highest BCUT2D eigenvalue weighted by Gasteiger charge is 2.19. The highest BCUT2D eigenvalue weighted by Crippen LogP contribution is 2.32. The molecule has 1 aromatic carbocycles. The molecule has 27 heavy (non-hydrogen) atoms. The summed E-state index contributed by atoms with van der Waals surface area (Å²) < 4.78 is 12.4. The van der Waals surface area contributed by atoms with Crippen molar-refractivity contribution in [3.8, 4) is 22.8 Å². The lowest BCUT2D eigenvalue weighted by atomic mass is 10.1. The van der Waals surface area contributed by atoms with Gasteiger partial charge in [-0.2, -0.15) is 5.10 Å². The van der Waals surface area contributed by atoms with Crippen molar-refractivity contribution in [1.29, 1.82) is 0 Å². The Balaban J connectivity index is 2.06. The Kier molecular flexibility index (Phi) is 5.59. The van der Waals surface area contributed by atoms with Crippen LogP contribution in [-0.4, -0.2) is 52.7 Å². The van der Waals surface area contributed by atoms with E-state index in [1.165, 1.54) is 0 Å². The standard InChI is InChI=1S/C20H24N4O3/c1-5-11-23(6-2)20(25)15-13-19-21-10-9-16(24(19)22-15)14-7-8-17(26-3)18(12-14)27-4/h7-10,12-13H,5-6,11H2,1-4H3. The first-order valence-corrected chi connectivity index (χ1v) is 8.99. The van der Waals surface area contributed by atoms with Crippen molar-refractivity contribution >= 4 is 11.6 Å². The number of fused-ring (bicyclic) bond motifs is 1. The molecule has 142 valence electrons. The molecule has 0 aliphatic heterocycles. The molecule has 0 saturated carbocycles. The van der Waals surface area contributed by atoms with Crippen LogP contribution >= 0.6 is 0 Å². The zero-order chi connectivity index (χ0) is 19.4. The molecule has 7 heteroatoms. The van der Waals surface area contributed by atoms with Gasteiger partial charge in [-0.25, -0.2) is 9.50 Å². The molecule has 1 amide bonds. The van der Waals surface area contributed by atoms with Crippen LogP contribution in [-0.2, 0) is 0 Å². The van der Waals surface area contributed by atoms with Crippen molar-refractivity contribution in [2.24, 2.45) is 0 Å². The smallest absolute Gasteiger partial charge is 0.274 e. The van der Waals surface area contributed by atoms with Crippen molar-refractivity contribution in [2.75, 3.05) is 27.3 Å². The number of hydrogen-bond donors (Lipinski definition) is 0. The predicted molar refractivity (Wildman–Crippen MR) is 103 cm³/mol. The molecule has 0 saturated heterocycles. The van der Waals surface area contributed by atoms with Gasteiger partial charge in [0, 0.05) is 30.9 Å². The molecule has 3 aromatic rings. The number of nitrogens with zero attached hydrogens (tertiary/aromatic N) is 4. The van der Waals surface area contributed by atoms with E-state index in [4.69, 9.17) is 9.47 Å². The topological polar surface area (TPSA) is 69.0 Å². The van der Waals surface area contributed by atoms with E-state index < -0.39 is 0 Å². The summed E-state index contributed by atoms with van der Waals surface area (Å²) in [6, 6.07) is 9.24. The second-order valence-electron chi connectivity index (χ2n) is 6.08. The molecule has 3 rings (SSSR count). The van der Waals surface area contributed by atoms with Crippen LogP contribution < -0.4 is 9.47 Å². The number of carbonyl (C=O) groups excluding carboxylic acids is 1. The summed E-state index contributed by atoms with van der Waals surface area (Å²) in [5.74, 6) is 1.20. The average Bonchev–Trinajstić information content (AvgIpc) is 3.15. The molecule has 2 aromatic heterocycles. The van der Waals surface area contributed by atoms with Crippen molar-refractivity contribution in [3.05, 3.63) is 42.2 Å². The van der Waals surface area contributed by atoms with Crippen LogP contribution in [0.25, 0.3) is 16.9 Å². The molecule has 0 fully saturated rings. The second kappa shape index (κ2) is 8.07. The molecule has 0 aliphatic rings. The van der Waals surface area contributed by atoms with E-state index in [-0.39, 0.29) is 5.91 Å². The summed E-state index contributed by atoms with van der Waals surface area (Å²) in [6.07, 6.45) is 2.61. The summed E-state index contributed by atoms with van der Waals surface area (Å²) in [6.45, 7) is 5.38. The Morgan fingerprint density at radius 2 is 1.89 bits per heavy atom. The van der Waals surface area contributed by atoms with Gasteiger partial charge >= 0.3 is 0 Å². The van der Waals surface area contributed by atoms with Crippen molar-refractivity contribution < 1.29 is 14.3 Å². The van der Waals surface area contributed by atoms with Gasteiger partial charge in [-0.15, -0.1) is 0 Å². The van der Waals surface area contributed by atoms with Crippen molar-refractivity contribution in [2.45, 2.75) is 20.3 Å². The van der Waals surface area contributed by atoms with Crippen LogP contribution in [0.15, 0.2) is 36.5 Å². The summed E-state index contributed by atoms with van der Waals surface area (Å²) in [7, 11) is 3.20. The maximum absolute atomic E-state index is 12.8. The van der Waals surface area contributed by atoms with Crippen LogP contribution in [0.3, 0.4) is 0 Å². The van der Waals surface area contributed by atoms with E-state index >= 15 is 0 Å². The van der Waals surface area contributed by atoms with Gasteiger partial charge in [0.05, 0.1) is 19.9 Å². The highest BCUT2D eigenvalue weighted by molar-refractivity contribution is 5.93. The van der Waals surface area contributed by atoms with Gasteiger partial charge in [-0.3, -0.25) is 4.79 Å². The molecule has 0 bridgehead atoms. The third-order valence-electron chi connectivity index (χ3n) is 4.42. The summed E-state index contributed by atoms with van der Waals surface area (Å²) in [5.41, 5.74) is 2.73. The Bertz CT molecular complexity index is 952. The fourth-order valence-electron chi connectivity index (χ4n) is 3.05. The largest absolute Gasteiger partial charge is 0.493 e. The third kappa shape index (κ3) is 3.58. The van der Waals surface area contributed by atoms with Crippen LogP contribution in [0.4, 0.5) is 0 Å². The van der Waals surface area contributed by atoms with E-state index in [1.54, 1.807) is 35.9 Å². The van der Waals surface area contributed by atoms with Crippen LogP contribution in [0.1, 0.15) is 30.8 Å². The molecular weight excluding hydrogens is 344 g/mol. The molecule has 0 unspecified atom stereocenters. The summed E-state index contributed by atoms with van der Waals surface area (Å²) >= 11 is 0. The second-order valence-corrected chi connectivity index (χ2v) is 6.08. The SMILES string of the molecule is CCCN(CC)C(=O)c1cc2nccc(-c3ccc(OC)c(OC)c3)n2n1. The molecule has 2 heterocycles. The number of carbonyl (C=O) groups is 1. The minimum atomic E-state index is -0.0805. The van der Waals surface area contributed by atoms with Gasteiger partial charge in [0.2, 0.25) is 0 Å². The number of amides is 1. The number of hydrogen-bond acceptors (Lipinski definition) is 5. The van der Waals surface area contributed by atoms with Crippen molar-refractivity contribution in [1.82, 2.24) is 19.5 Å². The fraction of sp³-hybridized carbons (Fsp3) is 0.350. The maximum atomic E-state index is 12.8. The lowest BCUT2D eigenvalue weighted by molar-refractivity contribution is 0.0758. The van der Waals surface area contributed by atoms with Gasteiger partial charge in [0.1, 0.15) is 0 Å². The van der Waals surface area contributed by atoms with Gasteiger partial charge in [0.15, 0.2) is 22.8 Å². The summed E-state index contributed by atoms with van der Waals surface area (Å²) in [4.78, 5) is 18.9. The first-order valence-electron chi connectivity index (χ1n) is 8.99.